The van der Waals surface area contributed by atoms with Gasteiger partial charge in [-0.2, -0.15) is 0 Å². The Balaban J connectivity index is 2.09. The van der Waals surface area contributed by atoms with Crippen molar-refractivity contribution in [1.82, 2.24) is 0 Å². The minimum absolute atomic E-state index is 0.191. The van der Waals surface area contributed by atoms with Crippen LogP contribution in [0.4, 0.5) is 0 Å². The fourth-order valence-corrected chi connectivity index (χ4v) is 3.99. The standard InChI is InChI=1S/C12H17NO2S/c13-11-7-6-10(8-11)9-16(14,15)12-4-2-1-3-5-12/h1-5,10-11H,6-9,13H2/t10-,11+/m0/s1. The molecular formula is C12H17NO2S. The van der Waals surface area contributed by atoms with E-state index in [9.17, 15) is 8.42 Å². The lowest BCUT2D eigenvalue weighted by molar-refractivity contribution is 0.553. The molecule has 0 spiro atoms. The van der Waals surface area contributed by atoms with Crippen LogP contribution in [-0.4, -0.2) is 20.2 Å². The Labute approximate surface area is 96.6 Å². The highest BCUT2D eigenvalue weighted by atomic mass is 32.2. The van der Waals surface area contributed by atoms with Gasteiger partial charge in [-0.3, -0.25) is 0 Å². The van der Waals surface area contributed by atoms with Gasteiger partial charge in [-0.25, -0.2) is 8.42 Å². The van der Waals surface area contributed by atoms with Crippen molar-refractivity contribution in [1.29, 1.82) is 0 Å². The van der Waals surface area contributed by atoms with Crippen molar-refractivity contribution in [3.63, 3.8) is 0 Å². The second kappa shape index (κ2) is 4.55. The van der Waals surface area contributed by atoms with Crippen LogP contribution in [0.15, 0.2) is 35.2 Å². The van der Waals surface area contributed by atoms with Crippen molar-refractivity contribution in [3.8, 4) is 0 Å². The molecule has 0 saturated heterocycles. The molecule has 2 rings (SSSR count). The van der Waals surface area contributed by atoms with Crippen molar-refractivity contribution in [3.05, 3.63) is 30.3 Å². The molecule has 1 aromatic carbocycles. The van der Waals surface area contributed by atoms with Gasteiger partial charge in [-0.05, 0) is 37.3 Å². The summed E-state index contributed by atoms with van der Waals surface area (Å²) in [6, 6.07) is 8.84. The van der Waals surface area contributed by atoms with Gasteiger partial charge in [-0.15, -0.1) is 0 Å². The molecule has 0 bridgehead atoms. The monoisotopic (exact) mass is 239 g/mol. The molecule has 0 aromatic heterocycles. The topological polar surface area (TPSA) is 60.2 Å². The zero-order chi connectivity index (χ0) is 11.6. The fraction of sp³-hybridized carbons (Fsp3) is 0.500. The zero-order valence-corrected chi connectivity index (χ0v) is 9.99. The SMILES string of the molecule is N[C@@H]1CC[C@H](CS(=O)(=O)c2ccccc2)C1. The van der Waals surface area contributed by atoms with E-state index in [0.29, 0.717) is 4.90 Å². The van der Waals surface area contributed by atoms with Gasteiger partial charge in [0.1, 0.15) is 0 Å². The summed E-state index contributed by atoms with van der Waals surface area (Å²) in [5, 5.41) is 0. The van der Waals surface area contributed by atoms with E-state index in [1.54, 1.807) is 24.3 Å². The minimum Gasteiger partial charge on any atom is -0.328 e. The third kappa shape index (κ3) is 2.62. The van der Waals surface area contributed by atoms with Crippen LogP contribution in [0.5, 0.6) is 0 Å². The van der Waals surface area contributed by atoms with Crippen molar-refractivity contribution >= 4 is 9.84 Å². The predicted molar refractivity (Wildman–Crippen MR) is 63.8 cm³/mol. The molecule has 1 aliphatic carbocycles. The summed E-state index contributed by atoms with van der Waals surface area (Å²) >= 11 is 0. The van der Waals surface area contributed by atoms with E-state index in [2.05, 4.69) is 0 Å². The van der Waals surface area contributed by atoms with Crippen LogP contribution in [0.2, 0.25) is 0 Å². The van der Waals surface area contributed by atoms with Gasteiger partial charge in [0.05, 0.1) is 10.6 Å². The smallest absolute Gasteiger partial charge is 0.178 e. The first-order valence-electron chi connectivity index (χ1n) is 5.61. The normalized spacial score (nSPS) is 25.8. The van der Waals surface area contributed by atoms with E-state index >= 15 is 0 Å². The fourth-order valence-electron chi connectivity index (χ4n) is 2.30. The Bertz CT molecular complexity index is 441. The molecule has 0 aliphatic heterocycles. The van der Waals surface area contributed by atoms with Gasteiger partial charge in [-0.1, -0.05) is 18.2 Å². The maximum atomic E-state index is 12.1. The van der Waals surface area contributed by atoms with Crippen molar-refractivity contribution in [2.45, 2.75) is 30.2 Å². The first-order chi connectivity index (χ1) is 7.58. The first-order valence-corrected chi connectivity index (χ1v) is 7.26. The van der Waals surface area contributed by atoms with Crippen LogP contribution in [0, 0.1) is 5.92 Å². The Morgan fingerprint density at radius 2 is 1.88 bits per heavy atom. The first kappa shape index (κ1) is 11.6. The van der Waals surface area contributed by atoms with E-state index in [4.69, 9.17) is 5.73 Å². The Kier molecular flexibility index (Phi) is 3.30. The molecule has 16 heavy (non-hydrogen) atoms. The summed E-state index contributed by atoms with van der Waals surface area (Å²) in [6.45, 7) is 0. The Morgan fingerprint density at radius 1 is 1.19 bits per heavy atom. The number of hydrogen-bond donors (Lipinski definition) is 1. The summed E-state index contributed by atoms with van der Waals surface area (Å²) in [5.41, 5.74) is 5.79. The number of rotatable bonds is 3. The van der Waals surface area contributed by atoms with Crippen molar-refractivity contribution in [2.75, 3.05) is 5.75 Å². The van der Waals surface area contributed by atoms with Crippen molar-refractivity contribution < 1.29 is 8.42 Å². The molecule has 2 N–H and O–H groups in total. The number of nitrogens with two attached hydrogens (primary N) is 1. The largest absolute Gasteiger partial charge is 0.328 e. The molecule has 0 amide bonds. The molecular weight excluding hydrogens is 222 g/mol. The molecule has 0 heterocycles. The van der Waals surface area contributed by atoms with Crippen molar-refractivity contribution in [2.24, 2.45) is 11.7 Å². The van der Waals surface area contributed by atoms with E-state index < -0.39 is 9.84 Å². The number of benzene rings is 1. The second-order valence-electron chi connectivity index (χ2n) is 4.53. The van der Waals surface area contributed by atoms with Gasteiger partial charge in [0.25, 0.3) is 0 Å². The lowest BCUT2D eigenvalue weighted by Gasteiger charge is -2.10. The zero-order valence-electron chi connectivity index (χ0n) is 9.17. The highest BCUT2D eigenvalue weighted by Crippen LogP contribution is 2.27. The third-order valence-electron chi connectivity index (χ3n) is 3.14. The average Bonchev–Trinajstić information content (AvgIpc) is 2.64. The summed E-state index contributed by atoms with van der Waals surface area (Å²) in [7, 11) is -3.12. The van der Waals surface area contributed by atoms with E-state index in [0.717, 1.165) is 19.3 Å². The quantitative estimate of drug-likeness (QED) is 0.871. The maximum absolute atomic E-state index is 12.1. The van der Waals surface area contributed by atoms with Gasteiger partial charge >= 0.3 is 0 Å². The van der Waals surface area contributed by atoms with Crippen LogP contribution in [0.25, 0.3) is 0 Å². The molecule has 1 aliphatic rings. The Morgan fingerprint density at radius 3 is 2.44 bits per heavy atom. The third-order valence-corrected chi connectivity index (χ3v) is 5.04. The van der Waals surface area contributed by atoms with Crippen LogP contribution in [-0.2, 0) is 9.84 Å². The van der Waals surface area contributed by atoms with Crippen LogP contribution < -0.4 is 5.73 Å². The molecule has 3 nitrogen and oxygen atoms in total. The second-order valence-corrected chi connectivity index (χ2v) is 6.57. The van der Waals surface area contributed by atoms with E-state index in [-0.39, 0.29) is 17.7 Å². The molecule has 1 aromatic rings. The predicted octanol–water partition coefficient (Wildman–Crippen LogP) is 1.59. The number of sulfone groups is 1. The van der Waals surface area contributed by atoms with Gasteiger partial charge in [0, 0.05) is 6.04 Å². The lowest BCUT2D eigenvalue weighted by atomic mass is 10.1. The van der Waals surface area contributed by atoms with E-state index in [1.165, 1.54) is 0 Å². The maximum Gasteiger partial charge on any atom is 0.178 e. The summed E-state index contributed by atoms with van der Waals surface area (Å²) in [4.78, 5) is 0.426. The summed E-state index contributed by atoms with van der Waals surface area (Å²) < 4.78 is 24.1. The minimum atomic E-state index is -3.12. The van der Waals surface area contributed by atoms with Crippen LogP contribution in [0.3, 0.4) is 0 Å². The van der Waals surface area contributed by atoms with Gasteiger partial charge < -0.3 is 5.73 Å². The highest BCUT2D eigenvalue weighted by molar-refractivity contribution is 7.91. The van der Waals surface area contributed by atoms with Gasteiger partial charge in [0.15, 0.2) is 9.84 Å². The highest BCUT2D eigenvalue weighted by Gasteiger charge is 2.27. The molecule has 88 valence electrons. The van der Waals surface area contributed by atoms with Gasteiger partial charge in [0.2, 0.25) is 0 Å². The molecule has 1 saturated carbocycles. The molecule has 0 unspecified atom stereocenters. The average molecular weight is 239 g/mol. The molecule has 4 heteroatoms. The van der Waals surface area contributed by atoms with Crippen LogP contribution in [0.1, 0.15) is 19.3 Å². The molecule has 0 radical (unpaired) electrons. The molecule has 1 fully saturated rings. The Hall–Kier alpha value is -0.870. The van der Waals surface area contributed by atoms with E-state index in [1.807, 2.05) is 6.07 Å². The van der Waals surface area contributed by atoms with Crippen LogP contribution >= 0.6 is 0 Å². The lowest BCUT2D eigenvalue weighted by Crippen LogP contribution is -2.18. The number of hydrogen-bond acceptors (Lipinski definition) is 3. The summed E-state index contributed by atoms with van der Waals surface area (Å²) in [6.07, 6.45) is 2.73. The molecule has 2 atom stereocenters. The summed E-state index contributed by atoms with van der Waals surface area (Å²) in [5.74, 6) is 0.477.